The minimum absolute atomic E-state index is 0.196. The third-order valence-electron chi connectivity index (χ3n) is 6.32. The highest BCUT2D eigenvalue weighted by molar-refractivity contribution is 7.07. The number of hydrogen-bond acceptors (Lipinski definition) is 7. The van der Waals surface area contributed by atoms with Crippen LogP contribution in [-0.4, -0.2) is 40.5 Å². The van der Waals surface area contributed by atoms with Gasteiger partial charge in [0, 0.05) is 37.1 Å². The maximum absolute atomic E-state index is 13.6. The quantitative estimate of drug-likeness (QED) is 0.507. The molecule has 1 aliphatic rings. The van der Waals surface area contributed by atoms with Crippen molar-refractivity contribution in [1.29, 1.82) is 0 Å². The number of hydrogen-bond donors (Lipinski definition) is 0. The van der Waals surface area contributed by atoms with E-state index in [1.54, 1.807) is 22.4 Å². The lowest BCUT2D eigenvalue weighted by molar-refractivity contribution is -0.136. The molecule has 2 aromatic heterocycles. The second kappa shape index (κ2) is 9.42. The van der Waals surface area contributed by atoms with Crippen molar-refractivity contribution < 1.29 is 9.53 Å². The zero-order valence-corrected chi connectivity index (χ0v) is 21.1. The van der Waals surface area contributed by atoms with Gasteiger partial charge in [-0.05, 0) is 51.5 Å². The number of aryl methyl sites for hydroxylation is 1. The first kappa shape index (κ1) is 23.7. The van der Waals surface area contributed by atoms with Crippen LogP contribution in [-0.2, 0) is 16.6 Å². The first-order chi connectivity index (χ1) is 16.3. The molecule has 0 bridgehead atoms. The van der Waals surface area contributed by atoms with E-state index >= 15 is 0 Å². The number of ether oxygens (including phenoxy) is 1. The smallest absolute Gasteiger partial charge is 0.338 e. The normalized spacial score (nSPS) is 15.8. The van der Waals surface area contributed by atoms with Crippen LogP contribution in [0.25, 0.3) is 6.08 Å². The number of carbonyl (C=O) groups excluding carboxylic acids is 1. The van der Waals surface area contributed by atoms with E-state index in [0.717, 1.165) is 35.6 Å². The van der Waals surface area contributed by atoms with Gasteiger partial charge in [-0.3, -0.25) is 14.0 Å². The molecule has 0 amide bonds. The Morgan fingerprint density at radius 1 is 1.21 bits per heavy atom. The third-order valence-corrected chi connectivity index (χ3v) is 7.31. The van der Waals surface area contributed by atoms with Crippen LogP contribution in [0.15, 0.2) is 51.5 Å². The molecule has 1 atom stereocenters. The van der Waals surface area contributed by atoms with Gasteiger partial charge in [-0.15, -0.1) is 0 Å². The molecule has 0 spiro atoms. The number of carbonyl (C=O) groups is 1. The fourth-order valence-corrected chi connectivity index (χ4v) is 5.30. The highest BCUT2D eigenvalue weighted by Gasteiger charge is 2.33. The molecule has 0 N–H and O–H groups in total. The number of fused-ring (bicyclic) bond motifs is 1. The first-order valence-corrected chi connectivity index (χ1v) is 12.1. The summed E-state index contributed by atoms with van der Waals surface area (Å²) in [7, 11) is 3.21. The summed E-state index contributed by atoms with van der Waals surface area (Å²) in [5, 5.41) is 4.27. The van der Waals surface area contributed by atoms with Crippen LogP contribution in [0.2, 0.25) is 0 Å². The topological polar surface area (TPSA) is 81.7 Å². The Bertz CT molecular complexity index is 1440. The van der Waals surface area contributed by atoms with Gasteiger partial charge < -0.3 is 9.64 Å². The largest absolute Gasteiger partial charge is 0.466 e. The summed E-state index contributed by atoms with van der Waals surface area (Å²) in [6, 6.07) is 7.39. The van der Waals surface area contributed by atoms with Crippen LogP contribution in [0.4, 0.5) is 5.69 Å². The van der Waals surface area contributed by atoms with E-state index in [1.807, 2.05) is 44.3 Å². The Balaban J connectivity index is 1.92. The van der Waals surface area contributed by atoms with Crippen molar-refractivity contribution in [3.63, 3.8) is 0 Å². The Morgan fingerprint density at radius 2 is 1.88 bits per heavy atom. The SMILES string of the molecule is CCN(CC)c1ccc([C@H]2C(C(=O)OC)=C(C)N=c3s/c(=C/c4cnn(C)c4C)c(=O)n32)cc1. The molecule has 4 rings (SSSR count). The molecule has 3 aromatic rings. The average Bonchev–Trinajstić information content (AvgIpc) is 3.32. The highest BCUT2D eigenvalue weighted by atomic mass is 32.1. The van der Waals surface area contributed by atoms with Crippen molar-refractivity contribution in [2.45, 2.75) is 33.7 Å². The monoisotopic (exact) mass is 479 g/mol. The molecule has 9 heteroatoms. The molecule has 0 fully saturated rings. The molecule has 0 aliphatic carbocycles. The number of rotatable bonds is 6. The maximum atomic E-state index is 13.6. The van der Waals surface area contributed by atoms with E-state index < -0.39 is 12.0 Å². The Hall–Kier alpha value is -3.46. The van der Waals surface area contributed by atoms with Gasteiger partial charge in [0.15, 0.2) is 4.80 Å². The molecule has 1 aliphatic heterocycles. The van der Waals surface area contributed by atoms with Crippen LogP contribution in [0.5, 0.6) is 0 Å². The minimum atomic E-state index is -0.619. The second-order valence-corrected chi connectivity index (χ2v) is 9.16. The Labute approximate surface area is 202 Å². The summed E-state index contributed by atoms with van der Waals surface area (Å²) in [5.41, 5.74) is 4.48. The zero-order chi connectivity index (χ0) is 24.6. The van der Waals surface area contributed by atoms with Crippen molar-refractivity contribution in [3.8, 4) is 0 Å². The van der Waals surface area contributed by atoms with Crippen molar-refractivity contribution in [2.75, 3.05) is 25.1 Å². The fraction of sp³-hybridized carbons (Fsp3) is 0.360. The van der Waals surface area contributed by atoms with E-state index in [0.29, 0.717) is 20.6 Å². The van der Waals surface area contributed by atoms with Gasteiger partial charge in [0.25, 0.3) is 5.56 Å². The summed E-state index contributed by atoms with van der Waals surface area (Å²) in [4.78, 5) is 33.8. The van der Waals surface area contributed by atoms with E-state index in [-0.39, 0.29) is 5.56 Å². The number of methoxy groups -OCH3 is 1. The third kappa shape index (κ3) is 4.00. The van der Waals surface area contributed by atoms with Crippen molar-refractivity contribution >= 4 is 29.1 Å². The summed E-state index contributed by atoms with van der Waals surface area (Å²) in [6.07, 6.45) is 3.58. The number of anilines is 1. The molecule has 1 aromatic carbocycles. The molecule has 0 saturated carbocycles. The second-order valence-electron chi connectivity index (χ2n) is 8.15. The number of allylic oxidation sites excluding steroid dienone is 1. The summed E-state index contributed by atoms with van der Waals surface area (Å²) >= 11 is 1.31. The van der Waals surface area contributed by atoms with Crippen LogP contribution >= 0.6 is 11.3 Å². The van der Waals surface area contributed by atoms with Gasteiger partial charge in [0.05, 0.1) is 35.2 Å². The van der Waals surface area contributed by atoms with Crippen LogP contribution in [0.3, 0.4) is 0 Å². The molecule has 178 valence electrons. The molecule has 3 heterocycles. The molecule has 34 heavy (non-hydrogen) atoms. The lowest BCUT2D eigenvalue weighted by Gasteiger charge is -2.26. The predicted octanol–water partition coefficient (Wildman–Crippen LogP) is 2.30. The van der Waals surface area contributed by atoms with Gasteiger partial charge >= 0.3 is 5.97 Å². The molecular formula is C25H29N5O3S. The number of aromatic nitrogens is 3. The predicted molar refractivity (Wildman–Crippen MR) is 134 cm³/mol. The van der Waals surface area contributed by atoms with Gasteiger partial charge in [0.1, 0.15) is 0 Å². The van der Waals surface area contributed by atoms with Gasteiger partial charge in [-0.1, -0.05) is 23.5 Å². The lowest BCUT2D eigenvalue weighted by atomic mass is 9.95. The van der Waals surface area contributed by atoms with Crippen molar-refractivity contribution in [1.82, 2.24) is 14.3 Å². The zero-order valence-electron chi connectivity index (χ0n) is 20.3. The lowest BCUT2D eigenvalue weighted by Crippen LogP contribution is -2.39. The average molecular weight is 480 g/mol. The number of nitrogens with zero attached hydrogens (tertiary/aromatic N) is 5. The molecule has 0 saturated heterocycles. The van der Waals surface area contributed by atoms with E-state index in [4.69, 9.17) is 4.74 Å². The van der Waals surface area contributed by atoms with Crippen LogP contribution in [0.1, 0.15) is 43.6 Å². The number of esters is 1. The van der Waals surface area contributed by atoms with E-state index in [2.05, 4.69) is 28.8 Å². The fourth-order valence-electron chi connectivity index (χ4n) is 4.26. The Morgan fingerprint density at radius 3 is 2.44 bits per heavy atom. The van der Waals surface area contributed by atoms with E-state index in [1.165, 1.54) is 18.4 Å². The maximum Gasteiger partial charge on any atom is 0.338 e. The van der Waals surface area contributed by atoms with Crippen LogP contribution in [0, 0.1) is 6.92 Å². The number of benzene rings is 1. The van der Waals surface area contributed by atoms with Crippen molar-refractivity contribution in [2.24, 2.45) is 12.0 Å². The first-order valence-electron chi connectivity index (χ1n) is 11.2. The number of thiazole rings is 1. The minimum Gasteiger partial charge on any atom is -0.466 e. The standard InChI is InChI=1S/C25H29N5O3S/c1-7-29(8-2)19-11-9-17(10-12-19)22-21(24(32)33-6)15(3)27-25-30(22)23(31)20(34-25)13-18-14-26-28(5)16(18)4/h9-14,22H,7-8H2,1-6H3/b20-13+/t22-/m0/s1. The van der Waals surface area contributed by atoms with Gasteiger partial charge in [0.2, 0.25) is 0 Å². The molecule has 8 nitrogen and oxygen atoms in total. The summed E-state index contributed by atoms with van der Waals surface area (Å²) in [5.74, 6) is -0.489. The summed E-state index contributed by atoms with van der Waals surface area (Å²) in [6.45, 7) is 9.75. The van der Waals surface area contributed by atoms with Gasteiger partial charge in [-0.25, -0.2) is 9.79 Å². The summed E-state index contributed by atoms with van der Waals surface area (Å²) < 4.78 is 9.00. The van der Waals surface area contributed by atoms with Crippen LogP contribution < -0.4 is 19.8 Å². The highest BCUT2D eigenvalue weighted by Crippen LogP contribution is 2.31. The van der Waals surface area contributed by atoms with Crippen molar-refractivity contribution in [3.05, 3.63) is 78.2 Å². The Kier molecular flexibility index (Phi) is 6.56. The van der Waals surface area contributed by atoms with E-state index in [9.17, 15) is 9.59 Å². The molecule has 0 unspecified atom stereocenters. The molecular weight excluding hydrogens is 450 g/mol. The van der Waals surface area contributed by atoms with Gasteiger partial charge in [-0.2, -0.15) is 5.10 Å². The molecule has 0 radical (unpaired) electrons.